The molecule has 0 bridgehead atoms. The van der Waals surface area contributed by atoms with Crippen molar-refractivity contribution in [3.8, 4) is 0 Å². The lowest BCUT2D eigenvalue weighted by molar-refractivity contribution is -0.132. The number of amides is 3. The third-order valence-corrected chi connectivity index (χ3v) is 5.38. The van der Waals surface area contributed by atoms with Gasteiger partial charge in [0.1, 0.15) is 6.04 Å². The maximum Gasteiger partial charge on any atom is 0.318 e. The molecular formula is C16H24N6O2S. The van der Waals surface area contributed by atoms with Gasteiger partial charge in [0.2, 0.25) is 11.9 Å². The Balaban J connectivity index is 1.46. The molecule has 2 fully saturated rings. The van der Waals surface area contributed by atoms with E-state index in [9.17, 15) is 9.59 Å². The van der Waals surface area contributed by atoms with Crippen LogP contribution >= 0.6 is 11.8 Å². The van der Waals surface area contributed by atoms with Gasteiger partial charge in [-0.15, -0.1) is 0 Å². The zero-order valence-corrected chi connectivity index (χ0v) is 15.2. The van der Waals surface area contributed by atoms with Gasteiger partial charge < -0.3 is 20.0 Å². The highest BCUT2D eigenvalue weighted by molar-refractivity contribution is 7.99. The fourth-order valence-corrected chi connectivity index (χ4v) is 3.86. The van der Waals surface area contributed by atoms with Crippen LogP contribution in [0.15, 0.2) is 18.5 Å². The van der Waals surface area contributed by atoms with Crippen molar-refractivity contribution in [1.82, 2.24) is 25.1 Å². The summed E-state index contributed by atoms with van der Waals surface area (Å²) in [6.45, 7) is 5.83. The van der Waals surface area contributed by atoms with E-state index >= 15 is 0 Å². The van der Waals surface area contributed by atoms with Crippen LogP contribution in [0, 0.1) is 0 Å². The van der Waals surface area contributed by atoms with E-state index in [-0.39, 0.29) is 11.9 Å². The SMILES string of the molecule is CC(NC(=O)N1CCN(c2ncccn2)CC1)C(=O)N1CCSCC1. The molecule has 0 aliphatic carbocycles. The molecule has 1 atom stereocenters. The highest BCUT2D eigenvalue weighted by atomic mass is 32.2. The predicted octanol–water partition coefficient (Wildman–Crippen LogP) is 0.272. The average Bonchev–Trinajstić information content (AvgIpc) is 2.68. The first-order valence-electron chi connectivity index (χ1n) is 8.59. The van der Waals surface area contributed by atoms with Crippen molar-refractivity contribution in [2.24, 2.45) is 0 Å². The molecule has 0 saturated carbocycles. The zero-order valence-electron chi connectivity index (χ0n) is 14.4. The summed E-state index contributed by atoms with van der Waals surface area (Å²) in [4.78, 5) is 39.0. The summed E-state index contributed by atoms with van der Waals surface area (Å²) >= 11 is 1.86. The Kier molecular flexibility index (Phi) is 5.95. The molecule has 0 aromatic carbocycles. The normalized spacial score (nSPS) is 19.5. The molecule has 1 aromatic heterocycles. The maximum absolute atomic E-state index is 12.4. The lowest BCUT2D eigenvalue weighted by Gasteiger charge is -2.35. The minimum Gasteiger partial charge on any atom is -0.339 e. The van der Waals surface area contributed by atoms with Crippen molar-refractivity contribution < 1.29 is 9.59 Å². The van der Waals surface area contributed by atoms with Crippen LogP contribution in [-0.2, 0) is 4.79 Å². The Morgan fingerprint density at radius 2 is 1.68 bits per heavy atom. The molecule has 1 aromatic rings. The number of piperazine rings is 1. The minimum atomic E-state index is -0.494. The summed E-state index contributed by atoms with van der Waals surface area (Å²) in [6.07, 6.45) is 3.43. The van der Waals surface area contributed by atoms with E-state index in [1.54, 1.807) is 30.3 Å². The van der Waals surface area contributed by atoms with Crippen molar-refractivity contribution in [3.63, 3.8) is 0 Å². The van der Waals surface area contributed by atoms with Crippen LogP contribution in [0.3, 0.4) is 0 Å². The number of anilines is 1. The summed E-state index contributed by atoms with van der Waals surface area (Å²) in [5.41, 5.74) is 0. The highest BCUT2D eigenvalue weighted by Gasteiger charge is 2.27. The highest BCUT2D eigenvalue weighted by Crippen LogP contribution is 2.12. The Morgan fingerprint density at radius 3 is 2.32 bits per heavy atom. The minimum absolute atomic E-state index is 0.00460. The summed E-state index contributed by atoms with van der Waals surface area (Å²) in [6, 6.07) is 1.11. The maximum atomic E-state index is 12.4. The van der Waals surface area contributed by atoms with Gasteiger partial charge in [0.25, 0.3) is 0 Å². The Morgan fingerprint density at radius 1 is 1.04 bits per heavy atom. The molecule has 0 radical (unpaired) electrons. The van der Waals surface area contributed by atoms with Gasteiger partial charge in [-0.1, -0.05) is 0 Å². The number of carbonyl (C=O) groups is 2. The first-order valence-corrected chi connectivity index (χ1v) is 9.74. The van der Waals surface area contributed by atoms with Gasteiger partial charge >= 0.3 is 6.03 Å². The molecule has 2 aliphatic rings. The van der Waals surface area contributed by atoms with Gasteiger partial charge in [-0.05, 0) is 13.0 Å². The van der Waals surface area contributed by atoms with Crippen molar-refractivity contribution in [2.75, 3.05) is 55.7 Å². The summed E-state index contributed by atoms with van der Waals surface area (Å²) in [7, 11) is 0. The van der Waals surface area contributed by atoms with Gasteiger partial charge in [-0.2, -0.15) is 11.8 Å². The number of aromatic nitrogens is 2. The van der Waals surface area contributed by atoms with Gasteiger partial charge in [0.15, 0.2) is 0 Å². The molecule has 3 heterocycles. The standard InChI is InChI=1S/C16H24N6O2S/c1-13(14(23)20-9-11-25-12-10-20)19-16(24)22-7-5-21(6-8-22)15-17-3-2-4-18-15/h2-4,13H,5-12H2,1H3,(H,19,24). The van der Waals surface area contributed by atoms with E-state index in [4.69, 9.17) is 0 Å². The number of hydrogen-bond acceptors (Lipinski definition) is 6. The molecule has 9 heteroatoms. The van der Waals surface area contributed by atoms with Gasteiger partial charge in [0, 0.05) is 63.2 Å². The summed E-state index contributed by atoms with van der Waals surface area (Å²) in [5.74, 6) is 2.63. The Bertz CT molecular complexity index is 588. The van der Waals surface area contributed by atoms with E-state index in [0.29, 0.717) is 32.1 Å². The van der Waals surface area contributed by atoms with Crippen LogP contribution in [0.4, 0.5) is 10.7 Å². The molecule has 3 rings (SSSR count). The second-order valence-corrected chi connectivity index (χ2v) is 7.36. The van der Waals surface area contributed by atoms with E-state index in [0.717, 1.165) is 24.6 Å². The number of nitrogens with one attached hydrogen (secondary N) is 1. The quantitative estimate of drug-likeness (QED) is 0.829. The Hall–Kier alpha value is -2.03. The molecule has 2 saturated heterocycles. The second-order valence-electron chi connectivity index (χ2n) is 6.13. The topological polar surface area (TPSA) is 81.7 Å². The lowest BCUT2D eigenvalue weighted by atomic mass is 10.2. The van der Waals surface area contributed by atoms with Crippen LogP contribution in [0.1, 0.15) is 6.92 Å². The van der Waals surface area contributed by atoms with Crippen molar-refractivity contribution >= 4 is 29.6 Å². The number of rotatable bonds is 3. The Labute approximate surface area is 152 Å². The number of carbonyl (C=O) groups excluding carboxylic acids is 2. The van der Waals surface area contributed by atoms with E-state index < -0.39 is 6.04 Å². The second kappa shape index (κ2) is 8.37. The third kappa shape index (κ3) is 4.53. The summed E-state index contributed by atoms with van der Waals surface area (Å²) < 4.78 is 0. The molecule has 1 N–H and O–H groups in total. The fraction of sp³-hybridized carbons (Fsp3) is 0.625. The number of nitrogens with zero attached hydrogens (tertiary/aromatic N) is 5. The van der Waals surface area contributed by atoms with E-state index in [1.165, 1.54) is 0 Å². The van der Waals surface area contributed by atoms with Crippen molar-refractivity contribution in [1.29, 1.82) is 0 Å². The van der Waals surface area contributed by atoms with Crippen LogP contribution in [0.2, 0.25) is 0 Å². The molecular weight excluding hydrogens is 340 g/mol. The van der Waals surface area contributed by atoms with Crippen molar-refractivity contribution in [3.05, 3.63) is 18.5 Å². The first-order chi connectivity index (χ1) is 12.1. The molecule has 2 aliphatic heterocycles. The smallest absolute Gasteiger partial charge is 0.318 e. The zero-order chi connectivity index (χ0) is 17.6. The van der Waals surface area contributed by atoms with E-state index in [2.05, 4.69) is 20.2 Å². The molecule has 136 valence electrons. The predicted molar refractivity (Wildman–Crippen MR) is 97.7 cm³/mol. The fourth-order valence-electron chi connectivity index (χ4n) is 2.96. The van der Waals surface area contributed by atoms with Crippen LogP contribution in [0.5, 0.6) is 0 Å². The molecule has 1 unspecified atom stereocenters. The van der Waals surface area contributed by atoms with Crippen LogP contribution in [-0.4, -0.2) is 88.5 Å². The number of hydrogen-bond donors (Lipinski definition) is 1. The summed E-state index contributed by atoms with van der Waals surface area (Å²) in [5, 5.41) is 2.84. The molecule has 25 heavy (non-hydrogen) atoms. The van der Waals surface area contributed by atoms with Gasteiger partial charge in [-0.25, -0.2) is 14.8 Å². The third-order valence-electron chi connectivity index (χ3n) is 4.44. The van der Waals surface area contributed by atoms with Crippen molar-refractivity contribution in [2.45, 2.75) is 13.0 Å². The average molecular weight is 364 g/mol. The monoisotopic (exact) mass is 364 g/mol. The molecule has 0 spiro atoms. The number of thioether (sulfide) groups is 1. The molecule has 3 amide bonds. The van der Waals surface area contributed by atoms with Gasteiger partial charge in [-0.3, -0.25) is 4.79 Å². The molecule has 8 nitrogen and oxygen atoms in total. The lowest BCUT2D eigenvalue weighted by Crippen LogP contribution is -2.56. The first kappa shape index (κ1) is 17.8. The van der Waals surface area contributed by atoms with Crippen LogP contribution < -0.4 is 10.2 Å². The van der Waals surface area contributed by atoms with Crippen LogP contribution in [0.25, 0.3) is 0 Å². The number of urea groups is 1. The van der Waals surface area contributed by atoms with Gasteiger partial charge in [0.05, 0.1) is 0 Å². The largest absolute Gasteiger partial charge is 0.339 e. The van der Waals surface area contributed by atoms with E-state index in [1.807, 2.05) is 16.7 Å².